The van der Waals surface area contributed by atoms with Gasteiger partial charge in [-0.2, -0.15) is 10.5 Å². The Morgan fingerprint density at radius 3 is 1.92 bits per heavy atom. The molecule has 0 bridgehead atoms. The molecule has 0 radical (unpaired) electrons. The maximum Gasteiger partial charge on any atom is 0.427 e. The lowest BCUT2D eigenvalue weighted by molar-refractivity contribution is 0.441. The minimum Gasteiger partial charge on any atom is -0.270 e. The summed E-state index contributed by atoms with van der Waals surface area (Å²) in [7, 11) is -4.28. The summed E-state index contributed by atoms with van der Waals surface area (Å²) in [5.74, 6) is -0.923. The van der Waals surface area contributed by atoms with E-state index < -0.39 is 19.7 Å². The van der Waals surface area contributed by atoms with Crippen LogP contribution in [0.1, 0.15) is 20.3 Å². The van der Waals surface area contributed by atoms with Crippen molar-refractivity contribution >= 4 is 8.74 Å². The van der Waals surface area contributed by atoms with Gasteiger partial charge in [0.25, 0.3) is 0 Å². The Hall–Kier alpha value is -0.943. The highest BCUT2D eigenvalue weighted by molar-refractivity contribution is 6.67. The largest absolute Gasteiger partial charge is 0.427 e. The summed E-state index contributed by atoms with van der Waals surface area (Å²) in [6.45, 7) is 3.78. The molecule has 0 rings (SSSR count). The standard InChI is InChI=1S/C8H12F2N2Si/c1-8(2,13(3,9)10)4-7(5-11)6-12/h7H,4H2,1-3H3. The molecule has 0 amide bonds. The molecule has 0 heterocycles. The molecule has 0 fully saturated rings. The van der Waals surface area contributed by atoms with E-state index in [-0.39, 0.29) is 6.42 Å². The summed E-state index contributed by atoms with van der Waals surface area (Å²) in [5, 5.41) is 15.7. The third-order valence-electron chi connectivity index (χ3n) is 2.21. The van der Waals surface area contributed by atoms with Crippen molar-refractivity contribution in [1.82, 2.24) is 0 Å². The number of rotatable bonds is 3. The lowest BCUT2D eigenvalue weighted by Gasteiger charge is -2.28. The molecule has 0 unspecified atom stereocenters. The molecule has 0 aromatic heterocycles. The summed E-state index contributed by atoms with van der Waals surface area (Å²) in [6.07, 6.45) is -0.0459. The van der Waals surface area contributed by atoms with E-state index in [1.54, 1.807) is 12.1 Å². The highest BCUT2D eigenvalue weighted by atomic mass is 28.4. The van der Waals surface area contributed by atoms with E-state index in [2.05, 4.69) is 0 Å². The lowest BCUT2D eigenvalue weighted by atomic mass is 9.99. The number of nitriles is 2. The molecule has 0 atom stereocenters. The van der Waals surface area contributed by atoms with Crippen LogP contribution < -0.4 is 0 Å². The quantitative estimate of drug-likeness (QED) is 0.522. The summed E-state index contributed by atoms with van der Waals surface area (Å²) < 4.78 is 26.1. The van der Waals surface area contributed by atoms with Gasteiger partial charge in [0.1, 0.15) is 5.92 Å². The number of nitrogens with zero attached hydrogens (tertiary/aromatic N) is 2. The van der Waals surface area contributed by atoms with Crippen LogP contribution >= 0.6 is 0 Å². The maximum atomic E-state index is 13.1. The first-order valence-electron chi connectivity index (χ1n) is 3.91. The number of hydrogen-bond acceptors (Lipinski definition) is 2. The van der Waals surface area contributed by atoms with Gasteiger partial charge in [-0.15, -0.1) is 0 Å². The summed E-state index contributed by atoms with van der Waals surface area (Å²) in [6, 6.07) is 3.42. The van der Waals surface area contributed by atoms with Crippen molar-refractivity contribution in [2.24, 2.45) is 5.92 Å². The van der Waals surface area contributed by atoms with Gasteiger partial charge in [-0.3, -0.25) is 8.22 Å². The predicted octanol–water partition coefficient (Wildman–Crippen LogP) is 2.83. The molecule has 0 aromatic carbocycles. The fraction of sp³-hybridized carbons (Fsp3) is 0.750. The van der Waals surface area contributed by atoms with E-state index in [4.69, 9.17) is 10.5 Å². The molecule has 0 saturated heterocycles. The zero-order valence-electron chi connectivity index (χ0n) is 7.93. The van der Waals surface area contributed by atoms with Crippen LogP contribution in [-0.2, 0) is 0 Å². The van der Waals surface area contributed by atoms with Crippen molar-refractivity contribution in [2.45, 2.75) is 31.9 Å². The molecule has 13 heavy (non-hydrogen) atoms. The molecule has 0 saturated carbocycles. The fourth-order valence-corrected chi connectivity index (χ4v) is 1.37. The first-order chi connectivity index (χ1) is 5.74. The van der Waals surface area contributed by atoms with Crippen molar-refractivity contribution in [3.63, 3.8) is 0 Å². The molecule has 0 aliphatic carbocycles. The maximum absolute atomic E-state index is 13.1. The number of halogens is 2. The summed E-state index contributed by atoms with van der Waals surface area (Å²) in [4.78, 5) is 0. The van der Waals surface area contributed by atoms with Gasteiger partial charge in [-0.05, 0) is 13.0 Å². The first kappa shape index (κ1) is 12.1. The Bertz CT molecular complexity index is 243. The highest BCUT2D eigenvalue weighted by Gasteiger charge is 2.47. The first-order valence-corrected chi connectivity index (χ1v) is 6.17. The van der Waals surface area contributed by atoms with Gasteiger partial charge in [-0.1, -0.05) is 13.8 Å². The monoisotopic (exact) mass is 202 g/mol. The highest BCUT2D eigenvalue weighted by Crippen LogP contribution is 2.44. The molecule has 0 N–H and O–H groups in total. The third kappa shape index (κ3) is 3.12. The SMILES string of the molecule is CC(C)(CC(C#N)C#N)[Si](C)(F)F. The van der Waals surface area contributed by atoms with E-state index in [0.717, 1.165) is 6.55 Å². The summed E-state index contributed by atoms with van der Waals surface area (Å²) in [5.41, 5.74) is 0. The van der Waals surface area contributed by atoms with Gasteiger partial charge in [0.05, 0.1) is 12.1 Å². The van der Waals surface area contributed by atoms with E-state index >= 15 is 0 Å². The normalized spacial score (nSPS) is 12.3. The lowest BCUT2D eigenvalue weighted by Crippen LogP contribution is -2.34. The van der Waals surface area contributed by atoms with Crippen LogP contribution in [0.3, 0.4) is 0 Å². The molecule has 0 aliphatic heterocycles. The topological polar surface area (TPSA) is 47.6 Å². The van der Waals surface area contributed by atoms with Crippen molar-refractivity contribution < 1.29 is 8.22 Å². The van der Waals surface area contributed by atoms with Gasteiger partial charge in [-0.25, -0.2) is 0 Å². The van der Waals surface area contributed by atoms with E-state index in [0.29, 0.717) is 0 Å². The zero-order chi connectivity index (χ0) is 10.7. The second-order valence-corrected chi connectivity index (χ2v) is 6.92. The van der Waals surface area contributed by atoms with Crippen molar-refractivity contribution in [3.05, 3.63) is 0 Å². The molecular formula is C8H12F2N2Si. The van der Waals surface area contributed by atoms with Crippen LogP contribution in [0.5, 0.6) is 0 Å². The minimum absolute atomic E-state index is 0.0459. The van der Waals surface area contributed by atoms with Crippen LogP contribution in [0.4, 0.5) is 8.22 Å². The van der Waals surface area contributed by atoms with E-state index in [9.17, 15) is 8.22 Å². The Morgan fingerprint density at radius 1 is 1.31 bits per heavy atom. The Morgan fingerprint density at radius 2 is 1.69 bits per heavy atom. The zero-order valence-corrected chi connectivity index (χ0v) is 8.93. The smallest absolute Gasteiger partial charge is 0.270 e. The Balaban J connectivity index is 4.55. The molecular weight excluding hydrogens is 190 g/mol. The van der Waals surface area contributed by atoms with Gasteiger partial charge >= 0.3 is 8.74 Å². The van der Waals surface area contributed by atoms with Crippen LogP contribution in [0, 0.1) is 28.6 Å². The van der Waals surface area contributed by atoms with Crippen LogP contribution in [0.25, 0.3) is 0 Å². The van der Waals surface area contributed by atoms with Crippen LogP contribution in [0.2, 0.25) is 11.6 Å². The molecule has 2 nitrogen and oxygen atoms in total. The molecule has 0 spiro atoms. The minimum atomic E-state index is -4.28. The molecule has 72 valence electrons. The average Bonchev–Trinajstić information content (AvgIpc) is 1.98. The van der Waals surface area contributed by atoms with E-state index in [1.165, 1.54) is 13.8 Å². The van der Waals surface area contributed by atoms with Crippen molar-refractivity contribution in [1.29, 1.82) is 10.5 Å². The van der Waals surface area contributed by atoms with Gasteiger partial charge < -0.3 is 0 Å². The number of hydrogen-bond donors (Lipinski definition) is 0. The van der Waals surface area contributed by atoms with Crippen LogP contribution in [0.15, 0.2) is 0 Å². The van der Waals surface area contributed by atoms with Crippen LogP contribution in [-0.4, -0.2) is 8.74 Å². The van der Waals surface area contributed by atoms with Gasteiger partial charge in [0.2, 0.25) is 0 Å². The van der Waals surface area contributed by atoms with Gasteiger partial charge in [0, 0.05) is 5.04 Å². The molecule has 5 heteroatoms. The Kier molecular flexibility index (Phi) is 3.56. The van der Waals surface area contributed by atoms with Crippen molar-refractivity contribution in [2.75, 3.05) is 0 Å². The third-order valence-corrected chi connectivity index (χ3v) is 4.80. The van der Waals surface area contributed by atoms with Gasteiger partial charge in [0.15, 0.2) is 0 Å². The second kappa shape index (κ2) is 3.84. The van der Waals surface area contributed by atoms with E-state index in [1.807, 2.05) is 0 Å². The fourth-order valence-electron chi connectivity index (χ4n) is 0.810. The second-order valence-electron chi connectivity index (χ2n) is 3.79. The average molecular weight is 202 g/mol. The van der Waals surface area contributed by atoms with Crippen molar-refractivity contribution in [3.8, 4) is 12.1 Å². The summed E-state index contributed by atoms with van der Waals surface area (Å²) >= 11 is 0. The molecule has 0 aliphatic rings. The predicted molar refractivity (Wildman–Crippen MR) is 47.2 cm³/mol. The molecule has 0 aromatic rings. The Labute approximate surface area is 78.1 Å².